The maximum atomic E-state index is 11.6. The van der Waals surface area contributed by atoms with Crippen LogP contribution in [0.25, 0.3) is 0 Å². The van der Waals surface area contributed by atoms with Crippen molar-refractivity contribution in [3.8, 4) is 0 Å². The van der Waals surface area contributed by atoms with Gasteiger partial charge in [-0.05, 0) is 6.08 Å². The van der Waals surface area contributed by atoms with E-state index in [2.05, 4.69) is 5.32 Å². The summed E-state index contributed by atoms with van der Waals surface area (Å²) < 4.78 is 0. The maximum absolute atomic E-state index is 11.6. The monoisotopic (exact) mass is 265 g/mol. The van der Waals surface area contributed by atoms with Crippen molar-refractivity contribution in [2.75, 3.05) is 5.88 Å². The Morgan fingerprint density at radius 2 is 1.88 bits per heavy atom. The number of alkyl halides is 1. The van der Waals surface area contributed by atoms with Gasteiger partial charge in [-0.1, -0.05) is 32.4 Å². The molecule has 4 nitrogen and oxygen atoms in total. The normalized spacial score (nSPS) is 14.4. The molecule has 92 valence electrons. The van der Waals surface area contributed by atoms with E-state index < -0.39 is 5.41 Å². The predicted octanol–water partition coefficient (Wildman–Crippen LogP) is 1.60. The number of nitrogens with two attached hydrogens (primary N) is 2. The van der Waals surface area contributed by atoms with Gasteiger partial charge in [0.2, 0.25) is 5.91 Å². The molecule has 0 bridgehead atoms. The first-order chi connectivity index (χ1) is 7.18. The minimum atomic E-state index is -0.518. The van der Waals surface area contributed by atoms with Gasteiger partial charge >= 0.3 is 0 Å². The molecule has 0 radical (unpaired) electrons. The van der Waals surface area contributed by atoms with Crippen molar-refractivity contribution in [2.45, 2.75) is 20.8 Å². The topological polar surface area (TPSA) is 81.1 Å². The smallest absolute Gasteiger partial charge is 0.230 e. The number of rotatable bonds is 3. The minimum absolute atomic E-state index is 0.0583. The summed E-state index contributed by atoms with van der Waals surface area (Å²) in [5.41, 5.74) is 10.9. The van der Waals surface area contributed by atoms with Crippen molar-refractivity contribution in [1.29, 1.82) is 0 Å². The summed E-state index contributed by atoms with van der Waals surface area (Å²) in [5, 5.41) is 2.59. The zero-order valence-corrected chi connectivity index (χ0v) is 11.1. The summed E-state index contributed by atoms with van der Waals surface area (Å²) in [4.78, 5) is 11.6. The van der Waals surface area contributed by atoms with Crippen molar-refractivity contribution >= 4 is 29.1 Å². The van der Waals surface area contributed by atoms with Gasteiger partial charge in [-0.25, -0.2) is 0 Å². The molecule has 0 heterocycles. The highest BCUT2D eigenvalue weighted by Crippen LogP contribution is 2.13. The molecule has 0 saturated heterocycles. The van der Waals surface area contributed by atoms with Crippen LogP contribution in [0.4, 0.5) is 0 Å². The SMILES string of the molecule is CC(C)(C)C(=O)N/C(N)=C/C(CCl)=C(\N)Cl. The quantitative estimate of drug-likeness (QED) is 0.412. The summed E-state index contributed by atoms with van der Waals surface area (Å²) in [6.07, 6.45) is 1.44. The molecule has 0 fully saturated rings. The Hall–Kier alpha value is -0.870. The zero-order valence-electron chi connectivity index (χ0n) is 9.60. The van der Waals surface area contributed by atoms with Gasteiger partial charge in [0.1, 0.15) is 11.0 Å². The van der Waals surface area contributed by atoms with Crippen LogP contribution in [-0.4, -0.2) is 11.8 Å². The molecule has 0 aliphatic carbocycles. The summed E-state index contributed by atoms with van der Waals surface area (Å²) in [6, 6.07) is 0. The second-order valence-corrected chi connectivity index (χ2v) is 4.99. The average Bonchev–Trinajstić information content (AvgIpc) is 2.11. The lowest BCUT2D eigenvalue weighted by Gasteiger charge is -2.17. The molecule has 0 aromatic heterocycles. The first kappa shape index (κ1) is 15.1. The maximum Gasteiger partial charge on any atom is 0.230 e. The summed E-state index contributed by atoms with van der Waals surface area (Å²) in [5.74, 6) is 0.101. The van der Waals surface area contributed by atoms with Crippen LogP contribution in [-0.2, 0) is 4.79 Å². The van der Waals surface area contributed by atoms with E-state index in [0.29, 0.717) is 5.57 Å². The highest BCUT2D eigenvalue weighted by atomic mass is 35.5. The molecule has 0 atom stereocenters. The molecular formula is C10H17Cl2N3O. The highest BCUT2D eigenvalue weighted by Gasteiger charge is 2.21. The molecule has 0 aliphatic heterocycles. The average molecular weight is 266 g/mol. The van der Waals surface area contributed by atoms with Crippen LogP contribution in [0.15, 0.2) is 22.6 Å². The number of halogens is 2. The predicted molar refractivity (Wildman–Crippen MR) is 67.7 cm³/mol. The standard InChI is InChI=1S/C10H17Cl2N3O/c1-10(2,3)9(16)15-7(13)4-6(5-11)8(12)14/h4H,5,13-14H2,1-3H3,(H,15,16)/b7-4+,8-6+. The Balaban J connectivity index is 4.72. The van der Waals surface area contributed by atoms with Gasteiger partial charge in [-0.15, -0.1) is 11.6 Å². The Bertz CT molecular complexity index is 325. The van der Waals surface area contributed by atoms with Crippen LogP contribution >= 0.6 is 23.2 Å². The zero-order chi connectivity index (χ0) is 12.9. The second kappa shape index (κ2) is 6.01. The van der Waals surface area contributed by atoms with Crippen molar-refractivity contribution in [3.05, 3.63) is 22.6 Å². The first-order valence-electron chi connectivity index (χ1n) is 4.67. The largest absolute Gasteiger partial charge is 0.389 e. The lowest BCUT2D eigenvalue weighted by molar-refractivity contribution is -0.127. The summed E-state index contributed by atoms with van der Waals surface area (Å²) >= 11 is 11.2. The van der Waals surface area contributed by atoms with Crippen LogP contribution in [0.5, 0.6) is 0 Å². The fourth-order valence-electron chi connectivity index (χ4n) is 0.714. The molecular weight excluding hydrogens is 249 g/mol. The summed E-state index contributed by atoms with van der Waals surface area (Å²) in [6.45, 7) is 5.34. The Morgan fingerprint density at radius 1 is 1.38 bits per heavy atom. The third kappa shape index (κ3) is 5.28. The van der Waals surface area contributed by atoms with Crippen molar-refractivity contribution in [2.24, 2.45) is 16.9 Å². The lowest BCUT2D eigenvalue weighted by atomic mass is 9.96. The van der Waals surface area contributed by atoms with Gasteiger partial charge in [0.05, 0.1) is 5.88 Å². The molecule has 0 aliphatic rings. The second-order valence-electron chi connectivity index (χ2n) is 4.31. The van der Waals surface area contributed by atoms with E-state index in [4.69, 9.17) is 34.7 Å². The summed E-state index contributed by atoms with van der Waals surface area (Å²) in [7, 11) is 0. The molecule has 6 heteroatoms. The molecule has 0 unspecified atom stereocenters. The number of hydrogen-bond donors (Lipinski definition) is 3. The Kier molecular flexibility index (Phi) is 5.68. The molecule has 5 N–H and O–H groups in total. The number of allylic oxidation sites excluding steroid dienone is 2. The molecule has 16 heavy (non-hydrogen) atoms. The molecule has 0 aromatic rings. The molecule has 0 aromatic carbocycles. The van der Waals surface area contributed by atoms with Gasteiger partial charge in [0.25, 0.3) is 0 Å². The van der Waals surface area contributed by atoms with Crippen LogP contribution in [0, 0.1) is 5.41 Å². The van der Waals surface area contributed by atoms with Crippen molar-refractivity contribution < 1.29 is 4.79 Å². The molecule has 0 saturated carbocycles. The third-order valence-electron chi connectivity index (χ3n) is 1.72. The Morgan fingerprint density at radius 3 is 2.19 bits per heavy atom. The van der Waals surface area contributed by atoms with E-state index >= 15 is 0 Å². The van der Waals surface area contributed by atoms with Gasteiger partial charge in [-0.3, -0.25) is 4.79 Å². The Labute approximate surface area is 106 Å². The van der Waals surface area contributed by atoms with E-state index in [1.54, 1.807) is 20.8 Å². The van der Waals surface area contributed by atoms with E-state index in [-0.39, 0.29) is 22.8 Å². The first-order valence-corrected chi connectivity index (χ1v) is 5.58. The van der Waals surface area contributed by atoms with Crippen molar-refractivity contribution in [3.63, 3.8) is 0 Å². The van der Waals surface area contributed by atoms with Crippen LogP contribution < -0.4 is 16.8 Å². The van der Waals surface area contributed by atoms with E-state index in [9.17, 15) is 4.79 Å². The van der Waals surface area contributed by atoms with Crippen LogP contribution in [0.1, 0.15) is 20.8 Å². The number of carbonyl (C=O) groups excluding carboxylic acids is 1. The molecule has 0 spiro atoms. The van der Waals surface area contributed by atoms with E-state index in [1.807, 2.05) is 0 Å². The van der Waals surface area contributed by atoms with Crippen LogP contribution in [0.3, 0.4) is 0 Å². The number of carbonyl (C=O) groups is 1. The van der Waals surface area contributed by atoms with E-state index in [1.165, 1.54) is 6.08 Å². The number of amides is 1. The van der Waals surface area contributed by atoms with Crippen LogP contribution in [0.2, 0.25) is 0 Å². The van der Waals surface area contributed by atoms with Gasteiger partial charge in [0, 0.05) is 11.0 Å². The van der Waals surface area contributed by atoms with Gasteiger partial charge < -0.3 is 16.8 Å². The number of hydrogen-bond acceptors (Lipinski definition) is 3. The minimum Gasteiger partial charge on any atom is -0.389 e. The number of nitrogens with one attached hydrogen (secondary N) is 1. The van der Waals surface area contributed by atoms with Gasteiger partial charge in [-0.2, -0.15) is 0 Å². The van der Waals surface area contributed by atoms with Gasteiger partial charge in [0.15, 0.2) is 0 Å². The van der Waals surface area contributed by atoms with Crippen molar-refractivity contribution in [1.82, 2.24) is 5.32 Å². The fourth-order valence-corrected chi connectivity index (χ4v) is 1.12. The fraction of sp³-hybridized carbons (Fsp3) is 0.500. The molecule has 1 amide bonds. The van der Waals surface area contributed by atoms with E-state index in [0.717, 1.165) is 0 Å². The third-order valence-corrected chi connectivity index (χ3v) is 2.25. The highest BCUT2D eigenvalue weighted by molar-refractivity contribution is 6.30. The lowest BCUT2D eigenvalue weighted by Crippen LogP contribution is -2.36. The molecule has 0 rings (SSSR count).